The molecule has 2 aromatic heterocycles. The van der Waals surface area contributed by atoms with E-state index in [9.17, 15) is 0 Å². The van der Waals surface area contributed by atoms with Crippen molar-refractivity contribution in [3.8, 4) is 5.88 Å². The van der Waals surface area contributed by atoms with E-state index < -0.39 is 0 Å². The maximum absolute atomic E-state index is 5.67. The molecule has 1 aliphatic rings. The molecule has 0 unspecified atom stereocenters. The van der Waals surface area contributed by atoms with Crippen LogP contribution in [0.15, 0.2) is 40.8 Å². The van der Waals surface area contributed by atoms with Gasteiger partial charge in [-0.25, -0.2) is 9.98 Å². The van der Waals surface area contributed by atoms with Crippen molar-refractivity contribution in [2.24, 2.45) is 10.9 Å². The fourth-order valence-electron chi connectivity index (χ4n) is 2.35. The van der Waals surface area contributed by atoms with Crippen molar-refractivity contribution in [2.45, 2.75) is 32.7 Å². The van der Waals surface area contributed by atoms with E-state index in [1.165, 1.54) is 17.7 Å². The van der Waals surface area contributed by atoms with Crippen LogP contribution in [0.1, 0.15) is 30.2 Å². The molecule has 5 nitrogen and oxygen atoms in total. The second-order valence-corrected chi connectivity index (χ2v) is 7.24. The number of aromatic nitrogens is 1. The van der Waals surface area contributed by atoms with E-state index >= 15 is 0 Å². The molecule has 1 fully saturated rings. The Bertz CT molecular complexity index is 651. The molecule has 0 aliphatic heterocycles. The van der Waals surface area contributed by atoms with Crippen LogP contribution in [0.25, 0.3) is 0 Å². The summed E-state index contributed by atoms with van der Waals surface area (Å²) in [6, 6.07) is 8.22. The fourth-order valence-corrected chi connectivity index (χ4v) is 3.06. The predicted octanol–water partition coefficient (Wildman–Crippen LogP) is 3.23. The Balaban J connectivity index is 1.45. The van der Waals surface area contributed by atoms with Crippen LogP contribution < -0.4 is 15.4 Å². The van der Waals surface area contributed by atoms with Crippen molar-refractivity contribution in [3.05, 3.63) is 46.3 Å². The lowest BCUT2D eigenvalue weighted by Gasteiger charge is -2.11. The van der Waals surface area contributed by atoms with E-state index in [-0.39, 0.29) is 0 Å². The molecule has 2 N–H and O–H groups in total. The summed E-state index contributed by atoms with van der Waals surface area (Å²) in [6.07, 6.45) is 5.44. The van der Waals surface area contributed by atoms with Gasteiger partial charge in [0.1, 0.15) is 0 Å². The molecule has 1 saturated carbocycles. The van der Waals surface area contributed by atoms with Crippen molar-refractivity contribution < 1.29 is 4.74 Å². The molecule has 0 amide bonds. The summed E-state index contributed by atoms with van der Waals surface area (Å²) in [4.78, 5) is 10.4. The highest BCUT2D eigenvalue weighted by Gasteiger charge is 2.21. The van der Waals surface area contributed by atoms with Crippen LogP contribution in [0, 0.1) is 5.92 Å². The Morgan fingerprint density at radius 1 is 1.32 bits per heavy atom. The zero-order chi connectivity index (χ0) is 17.3. The smallest absolute Gasteiger partial charge is 0.213 e. The summed E-state index contributed by atoms with van der Waals surface area (Å²) in [5.41, 5.74) is 1.08. The van der Waals surface area contributed by atoms with Gasteiger partial charge in [0.2, 0.25) is 5.88 Å². The number of pyridine rings is 1. The van der Waals surface area contributed by atoms with Crippen molar-refractivity contribution in [3.63, 3.8) is 0 Å². The average Bonchev–Trinajstić information content (AvgIpc) is 3.33. The van der Waals surface area contributed by atoms with E-state index in [1.54, 1.807) is 11.3 Å². The summed E-state index contributed by atoms with van der Waals surface area (Å²) in [5, 5.41) is 8.77. The van der Waals surface area contributed by atoms with Gasteiger partial charge in [0.15, 0.2) is 5.96 Å². The van der Waals surface area contributed by atoms with Crippen LogP contribution >= 0.6 is 11.3 Å². The van der Waals surface area contributed by atoms with Crippen LogP contribution in [-0.4, -0.2) is 30.6 Å². The van der Waals surface area contributed by atoms with Gasteiger partial charge in [-0.2, -0.15) is 0 Å². The normalized spacial score (nSPS) is 14.4. The lowest BCUT2D eigenvalue weighted by atomic mass is 10.3. The summed E-state index contributed by atoms with van der Waals surface area (Å²) in [6.45, 7) is 5.19. The first-order chi connectivity index (χ1) is 12.3. The molecule has 0 spiro atoms. The van der Waals surface area contributed by atoms with Gasteiger partial charge in [0, 0.05) is 30.2 Å². The molecule has 0 aromatic carbocycles. The predicted molar refractivity (Wildman–Crippen MR) is 103 cm³/mol. The van der Waals surface area contributed by atoms with Crippen molar-refractivity contribution in [2.75, 3.05) is 19.7 Å². The first kappa shape index (κ1) is 17.7. The third-order valence-electron chi connectivity index (χ3n) is 3.97. The van der Waals surface area contributed by atoms with Gasteiger partial charge in [-0.15, -0.1) is 11.3 Å². The van der Waals surface area contributed by atoms with E-state index in [1.807, 2.05) is 18.3 Å². The van der Waals surface area contributed by atoms with Gasteiger partial charge in [0.05, 0.1) is 13.2 Å². The van der Waals surface area contributed by atoms with E-state index in [0.29, 0.717) is 12.4 Å². The van der Waals surface area contributed by atoms with Gasteiger partial charge in [0.25, 0.3) is 0 Å². The maximum atomic E-state index is 5.67. The lowest BCUT2D eigenvalue weighted by molar-refractivity contribution is 0.288. The topological polar surface area (TPSA) is 58.5 Å². The van der Waals surface area contributed by atoms with Crippen LogP contribution in [0.4, 0.5) is 0 Å². The minimum absolute atomic E-state index is 0.601. The van der Waals surface area contributed by atoms with Crippen LogP contribution in [0.2, 0.25) is 0 Å². The Labute approximate surface area is 153 Å². The first-order valence-electron chi connectivity index (χ1n) is 8.96. The average molecular weight is 359 g/mol. The maximum Gasteiger partial charge on any atom is 0.213 e. The highest BCUT2D eigenvalue weighted by atomic mass is 32.1. The Morgan fingerprint density at radius 3 is 2.92 bits per heavy atom. The molecule has 0 bridgehead atoms. The molecule has 6 heteroatoms. The minimum Gasteiger partial charge on any atom is -0.477 e. The number of thiophene rings is 1. The Kier molecular flexibility index (Phi) is 6.68. The number of rotatable bonds is 9. The van der Waals surface area contributed by atoms with Crippen LogP contribution in [0.5, 0.6) is 5.88 Å². The largest absolute Gasteiger partial charge is 0.477 e. The zero-order valence-electron chi connectivity index (χ0n) is 14.7. The van der Waals surface area contributed by atoms with E-state index in [4.69, 9.17) is 4.74 Å². The third-order valence-corrected chi connectivity index (χ3v) is 4.91. The molecule has 2 heterocycles. The highest BCUT2D eigenvalue weighted by Crippen LogP contribution is 2.29. The van der Waals surface area contributed by atoms with Crippen molar-refractivity contribution in [1.29, 1.82) is 0 Å². The molecule has 1 aliphatic carbocycles. The number of guanidine groups is 1. The molecule has 2 aromatic rings. The number of nitrogens with one attached hydrogen (secondary N) is 2. The van der Waals surface area contributed by atoms with Crippen molar-refractivity contribution >= 4 is 17.3 Å². The number of nitrogens with zero attached hydrogens (tertiary/aromatic N) is 2. The first-order valence-corrected chi connectivity index (χ1v) is 9.83. The van der Waals surface area contributed by atoms with E-state index in [0.717, 1.165) is 43.6 Å². The Hall–Kier alpha value is -2.08. The minimum atomic E-state index is 0.601. The Morgan fingerprint density at radius 2 is 2.24 bits per heavy atom. The summed E-state index contributed by atoms with van der Waals surface area (Å²) in [5.74, 6) is 2.29. The monoisotopic (exact) mass is 358 g/mol. The van der Waals surface area contributed by atoms with Crippen molar-refractivity contribution in [1.82, 2.24) is 15.6 Å². The second-order valence-electron chi connectivity index (χ2n) is 6.21. The van der Waals surface area contributed by atoms with Gasteiger partial charge >= 0.3 is 0 Å². The lowest BCUT2D eigenvalue weighted by Crippen LogP contribution is -2.38. The molecule has 134 valence electrons. The SMILES string of the molecule is CCNC(=NCc1ccc(OCC2CC2)nc1)NCCc1cccs1. The molecule has 0 saturated heterocycles. The quantitative estimate of drug-likeness (QED) is 0.534. The van der Waals surface area contributed by atoms with Gasteiger partial charge in [-0.1, -0.05) is 12.1 Å². The van der Waals surface area contributed by atoms with Gasteiger partial charge in [-0.3, -0.25) is 0 Å². The fraction of sp³-hybridized carbons (Fsp3) is 0.474. The number of hydrogen-bond acceptors (Lipinski definition) is 4. The summed E-state index contributed by atoms with van der Waals surface area (Å²) in [7, 11) is 0. The summed E-state index contributed by atoms with van der Waals surface area (Å²) < 4.78 is 5.67. The third kappa shape index (κ3) is 6.38. The number of hydrogen-bond donors (Lipinski definition) is 2. The van der Waals surface area contributed by atoms with Crippen LogP contribution in [-0.2, 0) is 13.0 Å². The zero-order valence-corrected chi connectivity index (χ0v) is 15.5. The van der Waals surface area contributed by atoms with Crippen LogP contribution in [0.3, 0.4) is 0 Å². The molecular formula is C19H26N4OS. The molecule has 3 rings (SSSR count). The van der Waals surface area contributed by atoms with Gasteiger partial charge < -0.3 is 15.4 Å². The highest BCUT2D eigenvalue weighted by molar-refractivity contribution is 7.09. The molecule has 0 atom stereocenters. The second kappa shape index (κ2) is 9.42. The molecule has 0 radical (unpaired) electrons. The van der Waals surface area contributed by atoms with Gasteiger partial charge in [-0.05, 0) is 49.1 Å². The standard InChI is InChI=1S/C19H26N4OS/c1-2-20-19(21-10-9-17-4-3-11-25-17)23-13-16-7-8-18(22-12-16)24-14-15-5-6-15/h3-4,7-8,11-12,15H,2,5-6,9-10,13-14H2,1H3,(H2,20,21,23). The molecular weight excluding hydrogens is 332 g/mol. The number of ether oxygens (including phenoxy) is 1. The van der Waals surface area contributed by atoms with E-state index in [2.05, 4.69) is 45.0 Å². The number of aliphatic imine (C=N–C) groups is 1. The molecule has 25 heavy (non-hydrogen) atoms. The summed E-state index contributed by atoms with van der Waals surface area (Å²) >= 11 is 1.79.